The van der Waals surface area contributed by atoms with E-state index in [2.05, 4.69) is 58.3 Å². The fourth-order valence-corrected chi connectivity index (χ4v) is 5.06. The van der Waals surface area contributed by atoms with Crippen LogP contribution < -0.4 is 9.80 Å². The number of aliphatic imine (C=N–C) groups is 2. The van der Waals surface area contributed by atoms with E-state index in [0.717, 1.165) is 22.7 Å². The van der Waals surface area contributed by atoms with Crippen LogP contribution in [-0.4, -0.2) is 21.6 Å². The zero-order valence-corrected chi connectivity index (χ0v) is 22.7. The summed E-state index contributed by atoms with van der Waals surface area (Å²) in [7, 11) is 0. The van der Waals surface area contributed by atoms with Crippen LogP contribution in [0.25, 0.3) is 0 Å². The fraction of sp³-hybridized carbons (Fsp3) is 0. The van der Waals surface area contributed by atoms with Crippen LogP contribution in [-0.2, 0) is 0 Å². The van der Waals surface area contributed by atoms with Gasteiger partial charge in [-0.2, -0.15) is 0 Å². The lowest BCUT2D eigenvalue weighted by atomic mass is 10.1. The predicted octanol–water partition coefficient (Wildman–Crippen LogP) is 8.62. The molecule has 0 bridgehead atoms. The Hall–Kier alpha value is -5.88. The smallest absolute Gasteiger partial charge is 0.166 e. The van der Waals surface area contributed by atoms with Gasteiger partial charge in [-0.15, -0.1) is 0 Å². The van der Waals surface area contributed by atoms with Gasteiger partial charge in [0.05, 0.1) is 11.4 Å². The van der Waals surface area contributed by atoms with Gasteiger partial charge in [0, 0.05) is 35.1 Å². The molecule has 0 atom stereocenters. The number of para-hydroxylation sites is 4. The Balaban J connectivity index is 1.51. The van der Waals surface area contributed by atoms with Crippen molar-refractivity contribution in [2.24, 2.45) is 9.98 Å². The van der Waals surface area contributed by atoms with Gasteiger partial charge >= 0.3 is 0 Å². The summed E-state index contributed by atoms with van der Waals surface area (Å²) in [6.07, 6.45) is 3.57. The Kier molecular flexibility index (Phi) is 6.76. The molecule has 0 saturated heterocycles. The molecule has 0 aliphatic carbocycles. The van der Waals surface area contributed by atoms with Gasteiger partial charge in [0.1, 0.15) is 11.4 Å². The van der Waals surface area contributed by atoms with Gasteiger partial charge in [0.2, 0.25) is 0 Å². The second-order valence-electron chi connectivity index (χ2n) is 9.63. The highest BCUT2D eigenvalue weighted by atomic mass is 15.2. The summed E-state index contributed by atoms with van der Waals surface area (Å²) >= 11 is 0. The van der Waals surface area contributed by atoms with Gasteiger partial charge < -0.3 is 0 Å². The largest absolute Gasteiger partial charge is 0.293 e. The van der Waals surface area contributed by atoms with E-state index in [0.29, 0.717) is 34.4 Å². The topological polar surface area (TPSA) is 57.0 Å². The lowest BCUT2D eigenvalue weighted by Crippen LogP contribution is -2.31. The first-order chi connectivity index (χ1) is 20.9. The lowest BCUT2D eigenvalue weighted by molar-refractivity contribution is 1.17. The van der Waals surface area contributed by atoms with Crippen LogP contribution >= 0.6 is 0 Å². The van der Waals surface area contributed by atoms with E-state index < -0.39 is 0 Å². The molecule has 0 radical (unpaired) electrons. The molecule has 3 heterocycles. The average molecular weight is 543 g/mol. The molecule has 2 aromatic heterocycles. The number of nitrogens with zero attached hydrogens (tertiary/aromatic N) is 6. The van der Waals surface area contributed by atoms with E-state index in [1.54, 1.807) is 12.4 Å². The standard InChI is InChI=1S/C36H26N6/c1-5-15-27(16-6-1)41(28-17-7-2-8-18-28)35-33-31(23-13-25-37-33)40-36(34-32(39-35)24-14-26-38-34)42(29-19-9-3-10-20-29)30-21-11-4-12-22-30/h1-26H/b35-33?,36-34?,39-32?,39-35+,40-31?,40-36+. The molecule has 1 aliphatic rings. The van der Waals surface area contributed by atoms with Crippen molar-refractivity contribution in [1.29, 1.82) is 0 Å². The molecule has 7 rings (SSSR count). The maximum absolute atomic E-state index is 5.32. The third-order valence-corrected chi connectivity index (χ3v) is 6.93. The van der Waals surface area contributed by atoms with Crippen LogP contribution in [0.15, 0.2) is 168 Å². The van der Waals surface area contributed by atoms with Crippen molar-refractivity contribution in [2.75, 3.05) is 9.80 Å². The molecular formula is C36H26N6. The van der Waals surface area contributed by atoms with Crippen LogP contribution in [0.4, 0.5) is 34.1 Å². The highest BCUT2D eigenvalue weighted by molar-refractivity contribution is 6.22. The Morgan fingerprint density at radius 3 is 0.952 bits per heavy atom. The molecule has 0 spiro atoms. The second-order valence-corrected chi connectivity index (χ2v) is 9.63. The zero-order valence-electron chi connectivity index (χ0n) is 22.7. The van der Waals surface area contributed by atoms with Gasteiger partial charge in [0.25, 0.3) is 0 Å². The van der Waals surface area contributed by atoms with E-state index in [9.17, 15) is 0 Å². The Labute approximate surface area is 244 Å². The quantitative estimate of drug-likeness (QED) is 0.224. The van der Waals surface area contributed by atoms with Crippen LogP contribution in [0, 0.1) is 0 Å². The molecule has 6 nitrogen and oxygen atoms in total. The monoisotopic (exact) mass is 542 g/mol. The molecule has 0 amide bonds. The molecule has 1 aliphatic heterocycles. The highest BCUT2D eigenvalue weighted by Crippen LogP contribution is 2.37. The maximum Gasteiger partial charge on any atom is 0.166 e. The van der Waals surface area contributed by atoms with Crippen LogP contribution in [0.1, 0.15) is 11.4 Å². The second kappa shape index (κ2) is 11.3. The average Bonchev–Trinajstić information content (AvgIpc) is 3.06. The molecule has 0 fully saturated rings. The molecule has 0 unspecified atom stereocenters. The van der Waals surface area contributed by atoms with E-state index in [1.807, 2.05) is 97.1 Å². The summed E-state index contributed by atoms with van der Waals surface area (Å²) in [6, 6.07) is 48.6. The Morgan fingerprint density at radius 2 is 0.643 bits per heavy atom. The predicted molar refractivity (Wildman–Crippen MR) is 171 cm³/mol. The molecule has 0 N–H and O–H groups in total. The van der Waals surface area contributed by atoms with E-state index in [-0.39, 0.29) is 0 Å². The number of aromatic nitrogens is 2. The van der Waals surface area contributed by atoms with Gasteiger partial charge in [-0.25, -0.2) is 9.98 Å². The Morgan fingerprint density at radius 1 is 0.333 bits per heavy atom. The molecule has 200 valence electrons. The van der Waals surface area contributed by atoms with Crippen molar-refractivity contribution in [1.82, 2.24) is 9.97 Å². The summed E-state index contributed by atoms with van der Waals surface area (Å²) in [4.78, 5) is 24.6. The number of hydrogen-bond acceptors (Lipinski definition) is 6. The first-order valence-corrected chi connectivity index (χ1v) is 13.8. The molecule has 42 heavy (non-hydrogen) atoms. The van der Waals surface area contributed by atoms with Gasteiger partial charge in [-0.1, -0.05) is 72.8 Å². The van der Waals surface area contributed by atoms with Gasteiger partial charge in [0.15, 0.2) is 11.7 Å². The molecule has 6 heteroatoms. The number of anilines is 4. The summed E-state index contributed by atoms with van der Waals surface area (Å²) < 4.78 is 0. The number of amidine groups is 2. The van der Waals surface area contributed by atoms with Crippen molar-refractivity contribution in [2.45, 2.75) is 0 Å². The minimum absolute atomic E-state index is 0.658. The van der Waals surface area contributed by atoms with Crippen LogP contribution in [0.3, 0.4) is 0 Å². The maximum atomic E-state index is 5.32. The van der Waals surface area contributed by atoms with Crippen molar-refractivity contribution < 1.29 is 0 Å². The van der Waals surface area contributed by atoms with Crippen LogP contribution in [0.5, 0.6) is 0 Å². The normalized spacial score (nSPS) is 14.6. The number of benzene rings is 4. The third kappa shape index (κ3) is 4.82. The first-order valence-electron chi connectivity index (χ1n) is 13.8. The number of rotatable bonds is 4. The van der Waals surface area contributed by atoms with Crippen LogP contribution in [0.2, 0.25) is 0 Å². The first kappa shape index (κ1) is 25.1. The van der Waals surface area contributed by atoms with Gasteiger partial charge in [-0.05, 0) is 72.8 Å². The van der Waals surface area contributed by atoms with E-state index in [1.165, 1.54) is 0 Å². The summed E-state index contributed by atoms with van der Waals surface area (Å²) in [5.74, 6) is 1.32. The SMILES string of the molecule is c1ccc(N(/C2=N/c3cccnc3/C(N(c3ccccc3)c3ccccc3)=N\c3cccnc32)c2ccccc2)cc1. The number of hydrogen-bond donors (Lipinski definition) is 0. The van der Waals surface area contributed by atoms with Crippen molar-refractivity contribution in [3.63, 3.8) is 0 Å². The number of pyridine rings is 2. The molecular weight excluding hydrogens is 516 g/mol. The minimum atomic E-state index is 0.658. The summed E-state index contributed by atoms with van der Waals surface area (Å²) in [6.45, 7) is 0. The molecule has 0 saturated carbocycles. The van der Waals surface area contributed by atoms with Gasteiger partial charge in [-0.3, -0.25) is 19.8 Å². The highest BCUT2D eigenvalue weighted by Gasteiger charge is 2.28. The van der Waals surface area contributed by atoms with Crippen molar-refractivity contribution in [3.05, 3.63) is 169 Å². The Bertz CT molecular complexity index is 1650. The number of fused-ring (bicyclic) bond motifs is 2. The summed E-state index contributed by atoms with van der Waals surface area (Å²) in [5, 5.41) is 0. The summed E-state index contributed by atoms with van der Waals surface area (Å²) in [5.41, 5.74) is 6.56. The van der Waals surface area contributed by atoms with E-state index >= 15 is 0 Å². The van der Waals surface area contributed by atoms with Crippen molar-refractivity contribution >= 4 is 45.8 Å². The molecule has 6 aromatic rings. The minimum Gasteiger partial charge on any atom is -0.293 e. The third-order valence-electron chi connectivity index (χ3n) is 6.93. The zero-order chi connectivity index (χ0) is 28.1. The molecule has 4 aromatic carbocycles. The fourth-order valence-electron chi connectivity index (χ4n) is 5.06. The lowest BCUT2D eigenvalue weighted by Gasteiger charge is -2.30. The van der Waals surface area contributed by atoms with E-state index in [4.69, 9.17) is 20.0 Å². The van der Waals surface area contributed by atoms with Crippen molar-refractivity contribution in [3.8, 4) is 0 Å².